The summed E-state index contributed by atoms with van der Waals surface area (Å²) in [6.07, 6.45) is 3.89. The van der Waals surface area contributed by atoms with Crippen molar-refractivity contribution in [3.05, 3.63) is 91.7 Å². The molecule has 0 heterocycles. The van der Waals surface area contributed by atoms with Crippen molar-refractivity contribution in [3.8, 4) is 0 Å². The van der Waals surface area contributed by atoms with E-state index in [1.165, 1.54) is 5.56 Å². The maximum absolute atomic E-state index is 12.8. The van der Waals surface area contributed by atoms with Gasteiger partial charge in [0, 0.05) is 28.5 Å². The summed E-state index contributed by atoms with van der Waals surface area (Å²) in [7, 11) is -10.7. The summed E-state index contributed by atoms with van der Waals surface area (Å²) in [6, 6.07) is 15.9. The number of quaternary nitrogens is 1. The van der Waals surface area contributed by atoms with Crippen molar-refractivity contribution in [2.24, 2.45) is 10.2 Å². The molecule has 2 aromatic carbocycles. The van der Waals surface area contributed by atoms with Gasteiger partial charge in [-0.2, -0.15) is 0 Å². The van der Waals surface area contributed by atoms with E-state index in [9.17, 15) is 30.0 Å². The summed E-state index contributed by atoms with van der Waals surface area (Å²) in [5, 5.41) is 9.47. The van der Waals surface area contributed by atoms with Crippen molar-refractivity contribution in [2.45, 2.75) is 78.2 Å². The molecule has 0 unspecified atom stereocenters. The number of benzene rings is 2. The maximum atomic E-state index is 12.8. The van der Waals surface area contributed by atoms with E-state index < -0.39 is 13.4 Å². The van der Waals surface area contributed by atoms with Gasteiger partial charge >= 0.3 is 39.1 Å². The zero-order valence-electron chi connectivity index (χ0n) is 24.9. The first-order chi connectivity index (χ1) is 20.3. The Labute approximate surface area is 252 Å². The summed E-state index contributed by atoms with van der Waals surface area (Å²) in [6.45, 7) is 9.43. The second-order valence-electron chi connectivity index (χ2n) is 11.0. The van der Waals surface area contributed by atoms with Gasteiger partial charge in [0.1, 0.15) is 12.1 Å². The minimum absolute atomic E-state index is 0.301. The number of halogens is 6. The fourth-order valence-corrected chi connectivity index (χ4v) is 3.75. The van der Waals surface area contributed by atoms with Gasteiger partial charge in [0.2, 0.25) is 0 Å². The van der Waals surface area contributed by atoms with E-state index in [-0.39, 0.29) is 6.09 Å². The van der Waals surface area contributed by atoms with Gasteiger partial charge in [-0.25, -0.2) is 4.79 Å². The second-order valence-corrected chi connectivity index (χ2v) is 12.9. The van der Waals surface area contributed by atoms with E-state index in [4.69, 9.17) is 15.8 Å². The first kappa shape index (κ1) is 38.3. The zero-order chi connectivity index (χ0) is 33.3. The van der Waals surface area contributed by atoms with Crippen molar-refractivity contribution in [1.82, 2.24) is 4.90 Å². The standard InChI is InChI=1S/C27H38N8O2.F6P/c1-27(2,3)37-26(36)35(21-25-14-12-24(13-15-25)20-32-34-29)17-7-5-4-6-16-30-18-22-8-10-23(11-9-22)19-31-33-28;1-7(2,3,4,5)6/h8-15,30H,4-7,16-21H2,1-3H3;/q;-1/p+1. The van der Waals surface area contributed by atoms with Crippen LogP contribution in [0.1, 0.15) is 68.7 Å². The van der Waals surface area contributed by atoms with Crippen LogP contribution in [0.3, 0.4) is 0 Å². The Hall–Kier alpha value is -3.70. The van der Waals surface area contributed by atoms with E-state index in [2.05, 4.69) is 37.5 Å². The molecule has 17 heteroatoms. The number of carbonyl (C=O) groups excluding carboxylic acids is 1. The molecular formula is C27H39F6N8O2P. The molecule has 0 aliphatic heterocycles. The Morgan fingerprint density at radius 2 is 1.23 bits per heavy atom. The molecule has 0 radical (unpaired) electrons. The SMILES string of the molecule is CC(C)(C)OC(=O)N(CCCCCC[NH2+]Cc1ccc(CN=[N+]=[N-])cc1)Cc1ccc(CN=[N+]=[N-])cc1.F[P-](F)(F)(F)(F)F. The topological polar surface area (TPSA) is 144 Å². The van der Waals surface area contributed by atoms with Crippen LogP contribution in [0.5, 0.6) is 0 Å². The molecule has 10 nitrogen and oxygen atoms in total. The van der Waals surface area contributed by atoms with E-state index in [1.54, 1.807) is 4.90 Å². The molecule has 0 fully saturated rings. The molecule has 44 heavy (non-hydrogen) atoms. The molecule has 0 spiro atoms. The first-order valence-corrected chi connectivity index (χ1v) is 15.8. The summed E-state index contributed by atoms with van der Waals surface area (Å²) < 4.78 is 64.8. The van der Waals surface area contributed by atoms with Gasteiger partial charge in [0.05, 0.1) is 19.6 Å². The third kappa shape index (κ3) is 22.8. The number of carbonyl (C=O) groups is 1. The van der Waals surface area contributed by atoms with Crippen LogP contribution in [0.4, 0.5) is 30.0 Å². The quantitative estimate of drug-likeness (QED) is 0.0510. The van der Waals surface area contributed by atoms with Crippen molar-refractivity contribution >= 4 is 13.9 Å². The van der Waals surface area contributed by atoms with E-state index in [0.717, 1.165) is 55.5 Å². The van der Waals surface area contributed by atoms with Gasteiger partial charge in [-0.3, -0.25) is 0 Å². The van der Waals surface area contributed by atoms with Crippen LogP contribution in [0.25, 0.3) is 20.9 Å². The number of amides is 1. The number of unbranched alkanes of at least 4 members (excludes halogenated alkanes) is 3. The Balaban J connectivity index is 0.00000123. The van der Waals surface area contributed by atoms with Crippen LogP contribution in [0, 0.1) is 0 Å². The van der Waals surface area contributed by atoms with Crippen LogP contribution < -0.4 is 5.32 Å². The van der Waals surface area contributed by atoms with Gasteiger partial charge in [0.25, 0.3) is 0 Å². The van der Waals surface area contributed by atoms with Crippen molar-refractivity contribution in [3.63, 3.8) is 0 Å². The number of rotatable bonds is 15. The fraction of sp³-hybridized carbons (Fsp3) is 0.519. The predicted molar refractivity (Wildman–Crippen MR) is 158 cm³/mol. The molecule has 246 valence electrons. The molecule has 2 rings (SSSR count). The average molecular weight is 653 g/mol. The van der Waals surface area contributed by atoms with E-state index in [1.807, 2.05) is 57.2 Å². The molecule has 1 amide bonds. The zero-order valence-corrected chi connectivity index (χ0v) is 25.8. The predicted octanol–water partition coefficient (Wildman–Crippen LogP) is 9.75. The molecule has 0 aliphatic carbocycles. The molecule has 0 aliphatic rings. The molecule has 0 bridgehead atoms. The fourth-order valence-electron chi connectivity index (χ4n) is 3.75. The first-order valence-electron chi connectivity index (χ1n) is 13.8. The molecular weight excluding hydrogens is 613 g/mol. The Bertz CT molecular complexity index is 1260. The molecule has 0 saturated heterocycles. The van der Waals surface area contributed by atoms with Crippen LogP contribution in [-0.4, -0.2) is 29.7 Å². The van der Waals surface area contributed by atoms with Gasteiger partial charge in [-0.1, -0.05) is 65.2 Å². The van der Waals surface area contributed by atoms with E-state index >= 15 is 0 Å². The monoisotopic (exact) mass is 652 g/mol. The molecule has 2 N–H and O–H groups in total. The van der Waals surface area contributed by atoms with Gasteiger partial charge in [-0.15, -0.1) is 0 Å². The number of azide groups is 2. The van der Waals surface area contributed by atoms with Crippen LogP contribution in [0.15, 0.2) is 58.8 Å². The van der Waals surface area contributed by atoms with Crippen LogP contribution in [0.2, 0.25) is 0 Å². The number of hydrogen-bond acceptors (Lipinski definition) is 4. The number of nitrogens with zero attached hydrogens (tertiary/aromatic N) is 7. The van der Waals surface area contributed by atoms with Crippen molar-refractivity contribution in [2.75, 3.05) is 13.1 Å². The summed E-state index contributed by atoms with van der Waals surface area (Å²) in [5.41, 5.74) is 20.6. The average Bonchev–Trinajstić information content (AvgIpc) is 2.90. The number of hydrogen-bond donors (Lipinski definition) is 1. The van der Waals surface area contributed by atoms with Crippen molar-refractivity contribution < 1.29 is 40.0 Å². The third-order valence-corrected chi connectivity index (χ3v) is 5.67. The summed E-state index contributed by atoms with van der Waals surface area (Å²) in [5.74, 6) is 0. The van der Waals surface area contributed by atoms with Crippen molar-refractivity contribution in [1.29, 1.82) is 0 Å². The molecule has 0 aromatic heterocycles. The molecule has 0 saturated carbocycles. The van der Waals surface area contributed by atoms with Crippen LogP contribution in [-0.2, 0) is 30.9 Å². The Morgan fingerprint density at radius 3 is 1.68 bits per heavy atom. The Kier molecular flexibility index (Phi) is 14.3. The summed E-state index contributed by atoms with van der Waals surface area (Å²) in [4.78, 5) is 20.2. The number of nitrogens with two attached hydrogens (primary N) is 1. The number of ether oxygens (including phenoxy) is 1. The van der Waals surface area contributed by atoms with Gasteiger partial charge < -0.3 is 15.0 Å². The van der Waals surface area contributed by atoms with Crippen LogP contribution >= 0.6 is 7.81 Å². The summed E-state index contributed by atoms with van der Waals surface area (Å²) >= 11 is 0. The minimum atomic E-state index is -10.7. The van der Waals surface area contributed by atoms with E-state index in [0.29, 0.717) is 26.2 Å². The third-order valence-electron chi connectivity index (χ3n) is 5.67. The Morgan fingerprint density at radius 1 is 0.795 bits per heavy atom. The molecule has 2 aromatic rings. The molecule has 0 atom stereocenters. The van der Waals surface area contributed by atoms with Gasteiger partial charge in [-0.05, 0) is 67.8 Å². The van der Waals surface area contributed by atoms with Gasteiger partial charge in [0.15, 0.2) is 0 Å². The second kappa shape index (κ2) is 16.4. The normalized spacial score (nSPS) is 12.8.